The van der Waals surface area contributed by atoms with E-state index in [4.69, 9.17) is 4.74 Å². The van der Waals surface area contributed by atoms with Crippen molar-refractivity contribution in [1.82, 2.24) is 0 Å². The highest BCUT2D eigenvalue weighted by atomic mass is 16.5. The zero-order valence-corrected chi connectivity index (χ0v) is 12.2. The standard InChI is InChI=1S/C9H12O.3C2H6/c1-2-8-10-9-6-4-3-5-7-9;3*1-2/h3-7H,2,8H2,1H3;3*1-2H3. The lowest BCUT2D eigenvalue weighted by Gasteiger charge is -2.01. The van der Waals surface area contributed by atoms with Crippen LogP contribution in [0.2, 0.25) is 0 Å². The van der Waals surface area contributed by atoms with Crippen molar-refractivity contribution in [3.05, 3.63) is 30.3 Å². The molecule has 0 heterocycles. The first-order valence-corrected chi connectivity index (χ1v) is 6.61. The smallest absolute Gasteiger partial charge is 0.119 e. The third-order valence-electron chi connectivity index (χ3n) is 1.22. The van der Waals surface area contributed by atoms with Crippen molar-refractivity contribution in [1.29, 1.82) is 0 Å². The molecular formula is C15H30O. The van der Waals surface area contributed by atoms with Crippen LogP contribution in [-0.2, 0) is 0 Å². The highest BCUT2D eigenvalue weighted by molar-refractivity contribution is 5.20. The molecule has 0 bridgehead atoms. The average molecular weight is 226 g/mol. The van der Waals surface area contributed by atoms with Crippen molar-refractivity contribution < 1.29 is 4.74 Å². The summed E-state index contributed by atoms with van der Waals surface area (Å²) in [5.41, 5.74) is 0. The van der Waals surface area contributed by atoms with Gasteiger partial charge in [-0.25, -0.2) is 0 Å². The molecule has 0 unspecified atom stereocenters. The average Bonchev–Trinajstić information content (AvgIpc) is 2.44. The summed E-state index contributed by atoms with van der Waals surface area (Å²) < 4.78 is 5.36. The minimum atomic E-state index is 0.810. The van der Waals surface area contributed by atoms with Crippen LogP contribution in [0.3, 0.4) is 0 Å². The maximum absolute atomic E-state index is 5.36. The highest BCUT2D eigenvalue weighted by Crippen LogP contribution is 2.07. The second kappa shape index (κ2) is 23.7. The number of hydrogen-bond donors (Lipinski definition) is 0. The highest BCUT2D eigenvalue weighted by Gasteiger charge is 1.86. The fourth-order valence-corrected chi connectivity index (χ4v) is 0.737. The van der Waals surface area contributed by atoms with Crippen LogP contribution in [0.25, 0.3) is 0 Å². The van der Waals surface area contributed by atoms with Crippen LogP contribution in [0.1, 0.15) is 54.9 Å². The Labute approximate surface area is 103 Å². The molecule has 0 aliphatic rings. The molecule has 0 aliphatic carbocycles. The van der Waals surface area contributed by atoms with Gasteiger partial charge in [-0.1, -0.05) is 66.7 Å². The first-order chi connectivity index (χ1) is 7.93. The molecule has 0 radical (unpaired) electrons. The molecular weight excluding hydrogens is 196 g/mol. The van der Waals surface area contributed by atoms with Gasteiger partial charge in [0, 0.05) is 0 Å². The predicted octanol–water partition coefficient (Wildman–Crippen LogP) is 5.55. The van der Waals surface area contributed by atoms with E-state index in [9.17, 15) is 0 Å². The molecule has 0 fully saturated rings. The van der Waals surface area contributed by atoms with Gasteiger partial charge in [-0.3, -0.25) is 0 Å². The van der Waals surface area contributed by atoms with E-state index < -0.39 is 0 Å². The Morgan fingerprint density at radius 3 is 1.62 bits per heavy atom. The molecule has 0 atom stereocenters. The zero-order valence-electron chi connectivity index (χ0n) is 12.2. The number of hydrogen-bond acceptors (Lipinski definition) is 1. The lowest BCUT2D eigenvalue weighted by Crippen LogP contribution is -1.93. The van der Waals surface area contributed by atoms with Gasteiger partial charge in [0.05, 0.1) is 6.61 Å². The van der Waals surface area contributed by atoms with E-state index in [0.29, 0.717) is 0 Å². The van der Waals surface area contributed by atoms with Crippen molar-refractivity contribution in [2.24, 2.45) is 0 Å². The van der Waals surface area contributed by atoms with Gasteiger partial charge in [-0.2, -0.15) is 0 Å². The molecule has 0 spiro atoms. The Morgan fingerprint density at radius 2 is 1.25 bits per heavy atom. The van der Waals surface area contributed by atoms with Crippen molar-refractivity contribution in [2.75, 3.05) is 6.61 Å². The molecule has 1 aromatic carbocycles. The van der Waals surface area contributed by atoms with Gasteiger partial charge >= 0.3 is 0 Å². The fraction of sp³-hybridized carbons (Fsp3) is 0.600. The van der Waals surface area contributed by atoms with Gasteiger partial charge in [0.25, 0.3) is 0 Å². The summed E-state index contributed by atoms with van der Waals surface area (Å²) in [6, 6.07) is 9.88. The van der Waals surface area contributed by atoms with Crippen LogP contribution in [0.15, 0.2) is 30.3 Å². The largest absolute Gasteiger partial charge is 0.494 e. The van der Waals surface area contributed by atoms with Gasteiger partial charge in [0.15, 0.2) is 0 Å². The minimum absolute atomic E-state index is 0.810. The second-order valence-corrected chi connectivity index (χ2v) is 2.16. The Hall–Kier alpha value is -0.980. The first kappa shape index (κ1) is 20.4. The molecule has 1 rings (SSSR count). The number of rotatable bonds is 3. The van der Waals surface area contributed by atoms with Gasteiger partial charge in [-0.15, -0.1) is 0 Å². The van der Waals surface area contributed by atoms with E-state index in [1.807, 2.05) is 71.9 Å². The summed E-state index contributed by atoms with van der Waals surface area (Å²) in [5.74, 6) is 0.962. The Balaban J connectivity index is -0.000000245. The van der Waals surface area contributed by atoms with Crippen molar-refractivity contribution in [2.45, 2.75) is 54.9 Å². The molecule has 0 amide bonds. The summed E-state index contributed by atoms with van der Waals surface area (Å²) >= 11 is 0. The van der Waals surface area contributed by atoms with Crippen LogP contribution in [0.5, 0.6) is 5.75 Å². The summed E-state index contributed by atoms with van der Waals surface area (Å²) in [5, 5.41) is 0. The molecule has 96 valence electrons. The molecule has 0 saturated heterocycles. The molecule has 1 heteroatoms. The lowest BCUT2D eigenvalue weighted by molar-refractivity contribution is 0.317. The Kier molecular flexibility index (Phi) is 30.2. The van der Waals surface area contributed by atoms with Crippen molar-refractivity contribution in [3.8, 4) is 5.75 Å². The van der Waals surface area contributed by atoms with Crippen LogP contribution >= 0.6 is 0 Å². The minimum Gasteiger partial charge on any atom is -0.494 e. The van der Waals surface area contributed by atoms with Crippen molar-refractivity contribution >= 4 is 0 Å². The van der Waals surface area contributed by atoms with E-state index in [1.54, 1.807) is 0 Å². The molecule has 1 aromatic rings. The predicted molar refractivity (Wildman–Crippen MR) is 76.3 cm³/mol. The maximum Gasteiger partial charge on any atom is 0.119 e. The Bertz CT molecular complexity index is 170. The van der Waals surface area contributed by atoms with E-state index in [1.165, 1.54) is 0 Å². The molecule has 0 saturated carbocycles. The van der Waals surface area contributed by atoms with Crippen LogP contribution < -0.4 is 4.74 Å². The maximum atomic E-state index is 5.36. The lowest BCUT2D eigenvalue weighted by atomic mass is 10.3. The molecule has 1 nitrogen and oxygen atoms in total. The van der Waals surface area contributed by atoms with E-state index >= 15 is 0 Å². The molecule has 0 aromatic heterocycles. The van der Waals surface area contributed by atoms with Gasteiger partial charge in [0.1, 0.15) is 5.75 Å². The SMILES string of the molecule is CC.CC.CC.CCCOc1ccccc1. The van der Waals surface area contributed by atoms with Gasteiger partial charge in [0.2, 0.25) is 0 Å². The normalized spacial score (nSPS) is 6.94. The van der Waals surface area contributed by atoms with Crippen molar-refractivity contribution in [3.63, 3.8) is 0 Å². The van der Waals surface area contributed by atoms with Crippen LogP contribution in [0, 0.1) is 0 Å². The zero-order chi connectivity index (χ0) is 13.2. The van der Waals surface area contributed by atoms with Crippen LogP contribution in [0.4, 0.5) is 0 Å². The number of para-hydroxylation sites is 1. The summed E-state index contributed by atoms with van der Waals surface area (Å²) in [4.78, 5) is 0. The van der Waals surface area contributed by atoms with E-state index in [2.05, 4.69) is 6.92 Å². The topological polar surface area (TPSA) is 9.23 Å². The summed E-state index contributed by atoms with van der Waals surface area (Å²) in [6.07, 6.45) is 1.06. The van der Waals surface area contributed by atoms with E-state index in [0.717, 1.165) is 18.8 Å². The third kappa shape index (κ3) is 15.5. The fourth-order valence-electron chi connectivity index (χ4n) is 0.737. The third-order valence-corrected chi connectivity index (χ3v) is 1.22. The molecule has 16 heavy (non-hydrogen) atoms. The Morgan fingerprint density at radius 1 is 0.812 bits per heavy atom. The van der Waals surface area contributed by atoms with Crippen LogP contribution in [-0.4, -0.2) is 6.61 Å². The number of ether oxygens (including phenoxy) is 1. The van der Waals surface area contributed by atoms with Gasteiger partial charge in [-0.05, 0) is 18.6 Å². The van der Waals surface area contributed by atoms with Gasteiger partial charge < -0.3 is 4.74 Å². The summed E-state index contributed by atoms with van der Waals surface area (Å²) in [7, 11) is 0. The first-order valence-electron chi connectivity index (χ1n) is 6.61. The number of benzene rings is 1. The quantitative estimate of drug-likeness (QED) is 0.656. The van der Waals surface area contributed by atoms with E-state index in [-0.39, 0.29) is 0 Å². The molecule has 0 aliphatic heterocycles. The summed E-state index contributed by atoms with van der Waals surface area (Å²) in [6.45, 7) is 14.9. The second-order valence-electron chi connectivity index (χ2n) is 2.16. The monoisotopic (exact) mass is 226 g/mol. The molecule has 0 N–H and O–H groups in total.